The molecule has 0 bridgehead atoms. The van der Waals surface area contributed by atoms with E-state index in [-0.39, 0.29) is 5.78 Å². The Hall–Kier alpha value is -1.42. The van der Waals surface area contributed by atoms with Crippen molar-refractivity contribution in [2.75, 3.05) is 18.8 Å². The quantitative estimate of drug-likeness (QED) is 0.777. The van der Waals surface area contributed by atoms with Gasteiger partial charge in [0.2, 0.25) is 0 Å². The monoisotopic (exact) mass is 233 g/mol. The molecule has 4 nitrogen and oxygen atoms in total. The predicted octanol–water partition coefficient (Wildman–Crippen LogP) is 1.54. The van der Waals surface area contributed by atoms with Crippen LogP contribution in [-0.2, 0) is 0 Å². The maximum atomic E-state index is 12.1. The van der Waals surface area contributed by atoms with Crippen molar-refractivity contribution in [2.24, 2.45) is 5.92 Å². The van der Waals surface area contributed by atoms with E-state index in [1.54, 1.807) is 6.20 Å². The van der Waals surface area contributed by atoms with E-state index in [0.717, 1.165) is 31.5 Å². The molecule has 0 saturated carbocycles. The highest BCUT2D eigenvalue weighted by molar-refractivity contribution is 6.00. The van der Waals surface area contributed by atoms with Crippen molar-refractivity contribution in [3.63, 3.8) is 0 Å². The number of Topliss-reactive ketones (excluding diaryl/α,β-unsaturated/α-hetero) is 1. The number of ketones is 1. The molecule has 0 aromatic carbocycles. The van der Waals surface area contributed by atoms with Crippen LogP contribution in [0.5, 0.6) is 0 Å². The molecule has 1 fully saturated rings. The van der Waals surface area contributed by atoms with Gasteiger partial charge < -0.3 is 11.1 Å². The normalized spacial score (nSPS) is 17.0. The van der Waals surface area contributed by atoms with Crippen molar-refractivity contribution < 1.29 is 4.79 Å². The number of carbonyl (C=O) groups excluding carboxylic acids is 1. The third-order valence-electron chi connectivity index (χ3n) is 3.29. The van der Waals surface area contributed by atoms with E-state index < -0.39 is 0 Å². The van der Waals surface area contributed by atoms with E-state index in [4.69, 9.17) is 5.73 Å². The number of nitrogens with zero attached hydrogens (tertiary/aromatic N) is 1. The number of nitrogens with two attached hydrogens (primary N) is 1. The minimum absolute atomic E-state index is 0.130. The van der Waals surface area contributed by atoms with Gasteiger partial charge in [-0.3, -0.25) is 4.79 Å². The summed E-state index contributed by atoms with van der Waals surface area (Å²) >= 11 is 0. The average Bonchev–Trinajstić information content (AvgIpc) is 2.33. The molecule has 0 radical (unpaired) electrons. The Morgan fingerprint density at radius 3 is 2.94 bits per heavy atom. The smallest absolute Gasteiger partial charge is 0.166 e. The van der Waals surface area contributed by atoms with Crippen LogP contribution in [0, 0.1) is 12.8 Å². The molecule has 0 amide bonds. The Morgan fingerprint density at radius 1 is 1.53 bits per heavy atom. The van der Waals surface area contributed by atoms with Gasteiger partial charge in [-0.1, -0.05) is 0 Å². The summed E-state index contributed by atoms with van der Waals surface area (Å²) in [6.07, 6.45) is 4.43. The number of hydrogen-bond donors (Lipinski definition) is 2. The molecule has 2 rings (SSSR count). The number of piperidine rings is 1. The molecule has 3 N–H and O–H groups in total. The van der Waals surface area contributed by atoms with Crippen molar-refractivity contribution in [2.45, 2.75) is 26.2 Å². The highest BCUT2D eigenvalue weighted by atomic mass is 16.1. The Morgan fingerprint density at radius 2 is 2.24 bits per heavy atom. The van der Waals surface area contributed by atoms with Crippen molar-refractivity contribution in [1.29, 1.82) is 0 Å². The molecule has 1 aromatic rings. The lowest BCUT2D eigenvalue weighted by Gasteiger charge is -2.21. The van der Waals surface area contributed by atoms with Gasteiger partial charge in [0.25, 0.3) is 0 Å². The fraction of sp³-hybridized carbons (Fsp3) is 0.538. The van der Waals surface area contributed by atoms with Crippen molar-refractivity contribution >= 4 is 11.6 Å². The van der Waals surface area contributed by atoms with Crippen LogP contribution in [0.25, 0.3) is 0 Å². The fourth-order valence-electron chi connectivity index (χ4n) is 2.26. The van der Waals surface area contributed by atoms with Gasteiger partial charge in [0.15, 0.2) is 5.78 Å². The van der Waals surface area contributed by atoms with E-state index in [1.165, 1.54) is 0 Å². The van der Waals surface area contributed by atoms with Gasteiger partial charge in [-0.25, -0.2) is 4.98 Å². The predicted molar refractivity (Wildman–Crippen MR) is 67.9 cm³/mol. The van der Waals surface area contributed by atoms with E-state index in [0.29, 0.717) is 23.7 Å². The van der Waals surface area contributed by atoms with Gasteiger partial charge in [-0.15, -0.1) is 0 Å². The Kier molecular flexibility index (Phi) is 3.74. The number of carbonyl (C=O) groups is 1. The molecular weight excluding hydrogens is 214 g/mol. The highest BCUT2D eigenvalue weighted by Crippen LogP contribution is 2.21. The van der Waals surface area contributed by atoms with Gasteiger partial charge >= 0.3 is 0 Å². The standard InChI is InChI=1S/C13H19N3O/c1-9-6-11(13(14)16-8-9)12(17)7-10-2-4-15-5-3-10/h6,8,10,15H,2-5,7H2,1H3,(H2,14,16). The van der Waals surface area contributed by atoms with Gasteiger partial charge in [0, 0.05) is 12.6 Å². The first-order valence-corrected chi connectivity index (χ1v) is 6.13. The SMILES string of the molecule is Cc1cnc(N)c(C(=O)CC2CCNCC2)c1. The number of nitrogen functional groups attached to an aromatic ring is 1. The molecule has 4 heteroatoms. The number of rotatable bonds is 3. The minimum atomic E-state index is 0.130. The molecule has 0 unspecified atom stereocenters. The lowest BCUT2D eigenvalue weighted by Crippen LogP contribution is -2.29. The number of hydrogen-bond acceptors (Lipinski definition) is 4. The van der Waals surface area contributed by atoms with Crippen molar-refractivity contribution in [3.8, 4) is 0 Å². The molecular formula is C13H19N3O. The zero-order chi connectivity index (χ0) is 12.3. The first kappa shape index (κ1) is 12.0. The van der Waals surface area contributed by atoms with Crippen LogP contribution in [0.3, 0.4) is 0 Å². The molecule has 92 valence electrons. The molecule has 1 aliphatic rings. The Balaban J connectivity index is 2.05. The Labute approximate surface area is 102 Å². The summed E-state index contributed by atoms with van der Waals surface area (Å²) in [6.45, 7) is 3.95. The van der Waals surface area contributed by atoms with Crippen molar-refractivity contribution in [3.05, 3.63) is 23.4 Å². The van der Waals surface area contributed by atoms with Gasteiger partial charge in [0.1, 0.15) is 5.82 Å². The summed E-state index contributed by atoms with van der Waals surface area (Å²) in [5, 5.41) is 3.30. The molecule has 2 heterocycles. The van der Waals surface area contributed by atoms with Crippen LogP contribution in [0.1, 0.15) is 35.2 Å². The highest BCUT2D eigenvalue weighted by Gasteiger charge is 2.19. The lowest BCUT2D eigenvalue weighted by molar-refractivity contribution is 0.0953. The second-order valence-corrected chi connectivity index (χ2v) is 4.77. The molecule has 0 spiro atoms. The van der Waals surface area contributed by atoms with Crippen LogP contribution >= 0.6 is 0 Å². The largest absolute Gasteiger partial charge is 0.383 e. The second kappa shape index (κ2) is 5.27. The number of pyridine rings is 1. The van der Waals surface area contributed by atoms with Crippen LogP contribution < -0.4 is 11.1 Å². The maximum absolute atomic E-state index is 12.1. The maximum Gasteiger partial charge on any atom is 0.166 e. The fourth-order valence-corrected chi connectivity index (χ4v) is 2.26. The van der Waals surface area contributed by atoms with E-state index in [1.807, 2.05) is 13.0 Å². The van der Waals surface area contributed by atoms with Gasteiger partial charge in [-0.2, -0.15) is 0 Å². The molecule has 1 saturated heterocycles. The van der Waals surface area contributed by atoms with E-state index in [2.05, 4.69) is 10.3 Å². The zero-order valence-corrected chi connectivity index (χ0v) is 10.2. The first-order chi connectivity index (χ1) is 8.16. The van der Waals surface area contributed by atoms with Gasteiger partial charge in [-0.05, 0) is 50.4 Å². The molecule has 1 aromatic heterocycles. The summed E-state index contributed by atoms with van der Waals surface area (Å²) in [5.74, 6) is 0.976. The van der Waals surface area contributed by atoms with Crippen LogP contribution in [0.2, 0.25) is 0 Å². The van der Waals surface area contributed by atoms with Crippen LogP contribution in [0.15, 0.2) is 12.3 Å². The van der Waals surface area contributed by atoms with Gasteiger partial charge in [0.05, 0.1) is 5.56 Å². The minimum Gasteiger partial charge on any atom is -0.383 e. The molecule has 0 aliphatic carbocycles. The number of nitrogens with one attached hydrogen (secondary N) is 1. The first-order valence-electron chi connectivity index (χ1n) is 6.13. The Bertz CT molecular complexity index is 411. The summed E-state index contributed by atoms with van der Waals surface area (Å²) in [5.41, 5.74) is 7.32. The van der Waals surface area contributed by atoms with E-state index in [9.17, 15) is 4.79 Å². The summed E-state index contributed by atoms with van der Waals surface area (Å²) in [7, 11) is 0. The van der Waals surface area contributed by atoms with E-state index >= 15 is 0 Å². The zero-order valence-electron chi connectivity index (χ0n) is 10.2. The number of aryl methyl sites for hydroxylation is 1. The summed E-state index contributed by atoms with van der Waals surface area (Å²) in [6, 6.07) is 1.84. The van der Waals surface area contributed by atoms with Crippen LogP contribution in [0.4, 0.5) is 5.82 Å². The summed E-state index contributed by atoms with van der Waals surface area (Å²) in [4.78, 5) is 16.2. The average molecular weight is 233 g/mol. The lowest BCUT2D eigenvalue weighted by atomic mass is 9.90. The molecule has 17 heavy (non-hydrogen) atoms. The third kappa shape index (κ3) is 3.03. The van der Waals surface area contributed by atoms with Crippen LogP contribution in [-0.4, -0.2) is 23.9 Å². The number of aromatic nitrogens is 1. The second-order valence-electron chi connectivity index (χ2n) is 4.77. The third-order valence-corrected chi connectivity index (χ3v) is 3.29. The topological polar surface area (TPSA) is 68.0 Å². The summed E-state index contributed by atoms with van der Waals surface area (Å²) < 4.78 is 0. The van der Waals surface area contributed by atoms with Crippen molar-refractivity contribution in [1.82, 2.24) is 10.3 Å². The number of anilines is 1. The molecule has 0 atom stereocenters. The molecule has 1 aliphatic heterocycles.